The number of hydrogen-bond acceptors (Lipinski definition) is 2. The van der Waals surface area contributed by atoms with Crippen molar-refractivity contribution in [2.24, 2.45) is 5.92 Å². The highest BCUT2D eigenvalue weighted by Gasteiger charge is 2.37. The zero-order chi connectivity index (χ0) is 12.6. The van der Waals surface area contributed by atoms with Crippen LogP contribution in [-0.4, -0.2) is 23.3 Å². The smallest absolute Gasteiger partial charge is 0.335 e. The Morgan fingerprint density at radius 1 is 1.25 bits per heavy atom. The molecule has 0 unspecified atom stereocenters. The monoisotopic (exact) mass is 230 g/mol. The van der Waals surface area contributed by atoms with Crippen LogP contribution in [0.2, 0.25) is 0 Å². The van der Waals surface area contributed by atoms with E-state index < -0.39 is 11.6 Å². The third-order valence-corrected chi connectivity index (χ3v) is 2.77. The van der Waals surface area contributed by atoms with Crippen LogP contribution in [-0.2, 0) is 9.53 Å². The van der Waals surface area contributed by atoms with Crippen molar-refractivity contribution in [3.8, 4) is 0 Å². The molecule has 0 aromatic heterocycles. The fraction of sp³-hybridized carbons (Fsp3) is 0.923. The van der Waals surface area contributed by atoms with Crippen molar-refractivity contribution in [1.29, 1.82) is 0 Å². The number of carbonyl (C=O) groups is 1. The Hall–Kier alpha value is -0.570. The minimum Gasteiger partial charge on any atom is -0.479 e. The molecule has 0 fully saturated rings. The van der Waals surface area contributed by atoms with E-state index in [9.17, 15) is 9.90 Å². The molecule has 0 spiro atoms. The van der Waals surface area contributed by atoms with Crippen LogP contribution in [0.25, 0.3) is 0 Å². The van der Waals surface area contributed by atoms with Gasteiger partial charge in [-0.25, -0.2) is 4.79 Å². The molecular weight excluding hydrogens is 204 g/mol. The zero-order valence-electron chi connectivity index (χ0n) is 11.1. The molecule has 0 rings (SSSR count). The topological polar surface area (TPSA) is 46.5 Å². The standard InChI is InChI=1S/C13H26O3/c1-5-8-13(9-6-2,12(14)15)16-10-7-11(3)4/h11H,5-10H2,1-4H3,(H,14,15). The van der Waals surface area contributed by atoms with Crippen LogP contribution < -0.4 is 0 Å². The second-order valence-corrected chi connectivity index (χ2v) is 4.83. The third-order valence-electron chi connectivity index (χ3n) is 2.77. The highest BCUT2D eigenvalue weighted by Crippen LogP contribution is 2.25. The maximum Gasteiger partial charge on any atom is 0.335 e. The summed E-state index contributed by atoms with van der Waals surface area (Å²) in [5.41, 5.74) is -0.946. The Balaban J connectivity index is 4.42. The van der Waals surface area contributed by atoms with Crippen molar-refractivity contribution in [1.82, 2.24) is 0 Å². The third kappa shape index (κ3) is 4.97. The molecule has 16 heavy (non-hydrogen) atoms. The Morgan fingerprint density at radius 2 is 1.75 bits per heavy atom. The van der Waals surface area contributed by atoms with E-state index in [-0.39, 0.29) is 0 Å². The number of rotatable bonds is 9. The van der Waals surface area contributed by atoms with E-state index in [1.807, 2.05) is 13.8 Å². The van der Waals surface area contributed by atoms with E-state index >= 15 is 0 Å². The van der Waals surface area contributed by atoms with E-state index in [0.29, 0.717) is 25.4 Å². The van der Waals surface area contributed by atoms with Crippen LogP contribution in [0.15, 0.2) is 0 Å². The number of carboxylic acid groups (broad SMARTS) is 1. The molecule has 0 radical (unpaired) electrons. The fourth-order valence-corrected chi connectivity index (χ4v) is 1.84. The van der Waals surface area contributed by atoms with Gasteiger partial charge in [-0.15, -0.1) is 0 Å². The summed E-state index contributed by atoms with van der Waals surface area (Å²) < 4.78 is 5.68. The van der Waals surface area contributed by atoms with Crippen LogP contribution >= 0.6 is 0 Å². The van der Waals surface area contributed by atoms with Gasteiger partial charge < -0.3 is 9.84 Å². The summed E-state index contributed by atoms with van der Waals surface area (Å²) in [6.07, 6.45) is 3.81. The van der Waals surface area contributed by atoms with E-state index in [1.165, 1.54) is 0 Å². The highest BCUT2D eigenvalue weighted by molar-refractivity contribution is 5.77. The van der Waals surface area contributed by atoms with Crippen molar-refractivity contribution in [3.05, 3.63) is 0 Å². The van der Waals surface area contributed by atoms with Crippen LogP contribution in [0.5, 0.6) is 0 Å². The van der Waals surface area contributed by atoms with Gasteiger partial charge in [-0.1, -0.05) is 40.5 Å². The first-order chi connectivity index (χ1) is 7.48. The lowest BCUT2D eigenvalue weighted by molar-refractivity contribution is -0.169. The maximum atomic E-state index is 11.4. The Kier molecular flexibility index (Phi) is 7.39. The van der Waals surface area contributed by atoms with Gasteiger partial charge in [0.2, 0.25) is 0 Å². The number of ether oxygens (including phenoxy) is 1. The second-order valence-electron chi connectivity index (χ2n) is 4.83. The zero-order valence-corrected chi connectivity index (χ0v) is 11.1. The molecule has 0 amide bonds. The number of carboxylic acids is 1. The summed E-state index contributed by atoms with van der Waals surface area (Å²) in [5, 5.41) is 9.33. The normalized spacial score (nSPS) is 12.1. The van der Waals surface area contributed by atoms with Crippen molar-refractivity contribution >= 4 is 5.97 Å². The molecule has 0 aromatic rings. The highest BCUT2D eigenvalue weighted by atomic mass is 16.5. The molecule has 0 atom stereocenters. The summed E-state index contributed by atoms with van der Waals surface area (Å²) >= 11 is 0. The number of aliphatic carboxylic acids is 1. The van der Waals surface area contributed by atoms with E-state index in [4.69, 9.17) is 4.74 Å². The Bertz CT molecular complexity index is 193. The minimum atomic E-state index is -0.946. The first-order valence-corrected chi connectivity index (χ1v) is 6.35. The molecule has 1 N–H and O–H groups in total. The molecule has 3 heteroatoms. The van der Waals surface area contributed by atoms with E-state index in [2.05, 4.69) is 13.8 Å². The average Bonchev–Trinajstić information content (AvgIpc) is 2.17. The molecule has 0 bridgehead atoms. The quantitative estimate of drug-likeness (QED) is 0.659. The summed E-state index contributed by atoms with van der Waals surface area (Å²) in [6.45, 7) is 8.78. The summed E-state index contributed by atoms with van der Waals surface area (Å²) in [4.78, 5) is 11.4. The van der Waals surface area contributed by atoms with Crippen molar-refractivity contribution in [2.75, 3.05) is 6.61 Å². The van der Waals surface area contributed by atoms with Crippen molar-refractivity contribution < 1.29 is 14.6 Å². The predicted molar refractivity (Wildman–Crippen MR) is 65.6 cm³/mol. The lowest BCUT2D eigenvalue weighted by Gasteiger charge is -2.29. The van der Waals surface area contributed by atoms with Gasteiger partial charge in [0.05, 0.1) is 0 Å². The molecule has 96 valence electrons. The van der Waals surface area contributed by atoms with Gasteiger partial charge in [0.1, 0.15) is 0 Å². The van der Waals surface area contributed by atoms with Crippen molar-refractivity contribution in [3.63, 3.8) is 0 Å². The summed E-state index contributed by atoms with van der Waals surface area (Å²) in [5.74, 6) is -0.255. The molecule has 0 aliphatic heterocycles. The molecule has 0 aliphatic carbocycles. The van der Waals surface area contributed by atoms with Gasteiger partial charge >= 0.3 is 5.97 Å². The van der Waals surface area contributed by atoms with Gasteiger partial charge in [-0.2, -0.15) is 0 Å². The molecular formula is C13H26O3. The van der Waals surface area contributed by atoms with Gasteiger partial charge in [0.25, 0.3) is 0 Å². The number of hydrogen-bond donors (Lipinski definition) is 1. The predicted octanol–water partition coefficient (Wildman–Crippen LogP) is 3.47. The summed E-state index contributed by atoms with van der Waals surface area (Å²) in [6, 6.07) is 0. The maximum absolute atomic E-state index is 11.4. The van der Waals surface area contributed by atoms with Crippen LogP contribution in [0.3, 0.4) is 0 Å². The largest absolute Gasteiger partial charge is 0.479 e. The lowest BCUT2D eigenvalue weighted by Crippen LogP contribution is -2.42. The SMILES string of the molecule is CCCC(CCC)(OCCC(C)C)C(=O)O. The minimum absolute atomic E-state index is 0.546. The van der Waals surface area contributed by atoms with Gasteiger partial charge in [-0.3, -0.25) is 0 Å². The van der Waals surface area contributed by atoms with Gasteiger partial charge in [0, 0.05) is 6.61 Å². The van der Waals surface area contributed by atoms with Crippen LogP contribution in [0.4, 0.5) is 0 Å². The molecule has 0 saturated carbocycles. The average molecular weight is 230 g/mol. The Morgan fingerprint density at radius 3 is 2.06 bits per heavy atom. The molecule has 0 aromatic carbocycles. The van der Waals surface area contributed by atoms with Crippen LogP contribution in [0, 0.1) is 5.92 Å². The lowest BCUT2D eigenvalue weighted by atomic mass is 9.92. The van der Waals surface area contributed by atoms with Gasteiger partial charge in [-0.05, 0) is 25.2 Å². The van der Waals surface area contributed by atoms with Gasteiger partial charge in [0.15, 0.2) is 5.60 Å². The molecule has 0 saturated heterocycles. The van der Waals surface area contributed by atoms with Crippen molar-refractivity contribution in [2.45, 2.75) is 65.4 Å². The second kappa shape index (κ2) is 7.66. The molecule has 3 nitrogen and oxygen atoms in total. The fourth-order valence-electron chi connectivity index (χ4n) is 1.84. The van der Waals surface area contributed by atoms with Crippen LogP contribution in [0.1, 0.15) is 59.8 Å². The van der Waals surface area contributed by atoms with E-state index in [1.54, 1.807) is 0 Å². The Labute approximate surface area is 99.2 Å². The van der Waals surface area contributed by atoms with E-state index in [0.717, 1.165) is 19.3 Å². The molecule has 0 heterocycles. The molecule has 0 aliphatic rings. The first kappa shape index (κ1) is 15.4. The summed E-state index contributed by atoms with van der Waals surface area (Å²) in [7, 11) is 0. The first-order valence-electron chi connectivity index (χ1n) is 6.35.